The molecule has 1 amide bonds. The number of nitrogens with zero attached hydrogens (tertiary/aromatic N) is 4. The minimum Gasteiger partial charge on any atom is -0.353 e. The zero-order chi connectivity index (χ0) is 25.9. The highest BCUT2D eigenvalue weighted by Crippen LogP contribution is 2.26. The Bertz CT molecular complexity index is 1450. The van der Waals surface area contributed by atoms with E-state index in [9.17, 15) is 9.59 Å². The topological polar surface area (TPSA) is 72.2 Å². The molecule has 1 saturated heterocycles. The van der Waals surface area contributed by atoms with Crippen LogP contribution in [0.4, 0.5) is 0 Å². The van der Waals surface area contributed by atoms with E-state index < -0.39 is 0 Å². The second-order valence-electron chi connectivity index (χ2n) is 10.1. The molecule has 0 atom stereocenters. The zero-order valence-electron chi connectivity index (χ0n) is 21.9. The van der Waals surface area contributed by atoms with Gasteiger partial charge in [0, 0.05) is 50.1 Å². The van der Waals surface area contributed by atoms with Crippen molar-refractivity contribution in [1.29, 1.82) is 0 Å². The Kier molecular flexibility index (Phi) is 7.24. The first-order valence-corrected chi connectivity index (χ1v) is 13.1. The molecule has 4 aromatic rings. The van der Waals surface area contributed by atoms with E-state index in [1.165, 1.54) is 5.56 Å². The summed E-state index contributed by atoms with van der Waals surface area (Å²) < 4.78 is 3.50. The van der Waals surface area contributed by atoms with E-state index in [1.54, 1.807) is 11.6 Å². The number of carbonyl (C=O) groups excluding carboxylic acids is 1. The van der Waals surface area contributed by atoms with Crippen LogP contribution in [-0.4, -0.2) is 44.3 Å². The summed E-state index contributed by atoms with van der Waals surface area (Å²) >= 11 is 0. The lowest BCUT2D eigenvalue weighted by Crippen LogP contribution is -2.44. The van der Waals surface area contributed by atoms with E-state index in [1.807, 2.05) is 54.9 Å². The molecule has 0 bridgehead atoms. The first-order valence-electron chi connectivity index (χ1n) is 13.1. The third-order valence-corrected chi connectivity index (χ3v) is 7.55. The number of para-hydroxylation sites is 1. The molecule has 1 N–H and O–H groups in total. The largest absolute Gasteiger partial charge is 0.353 e. The van der Waals surface area contributed by atoms with Gasteiger partial charge in [-0.15, -0.1) is 0 Å². The summed E-state index contributed by atoms with van der Waals surface area (Å²) in [6.45, 7) is 6.85. The van der Waals surface area contributed by atoms with Crippen molar-refractivity contribution >= 4 is 16.9 Å². The molecule has 0 saturated carbocycles. The van der Waals surface area contributed by atoms with E-state index in [4.69, 9.17) is 5.10 Å². The molecule has 5 rings (SSSR count). The van der Waals surface area contributed by atoms with Crippen molar-refractivity contribution in [3.05, 3.63) is 93.4 Å². The summed E-state index contributed by atoms with van der Waals surface area (Å²) in [6.07, 6.45) is 2.62. The number of aromatic nitrogens is 3. The van der Waals surface area contributed by atoms with Crippen LogP contribution in [0.5, 0.6) is 0 Å². The van der Waals surface area contributed by atoms with Crippen molar-refractivity contribution in [2.24, 2.45) is 7.05 Å². The highest BCUT2D eigenvalue weighted by molar-refractivity contribution is 5.85. The van der Waals surface area contributed by atoms with E-state index in [0.29, 0.717) is 18.4 Å². The summed E-state index contributed by atoms with van der Waals surface area (Å²) in [7, 11) is 1.79. The molecular weight excluding hydrogens is 462 g/mol. The van der Waals surface area contributed by atoms with Crippen molar-refractivity contribution in [2.45, 2.75) is 52.1 Å². The highest BCUT2D eigenvalue weighted by atomic mass is 16.1. The average molecular weight is 498 g/mol. The fraction of sp³-hybridized carbons (Fsp3) is 0.367. The van der Waals surface area contributed by atoms with Gasteiger partial charge in [0.05, 0.1) is 11.4 Å². The van der Waals surface area contributed by atoms with Crippen LogP contribution in [0.15, 0.2) is 65.5 Å². The number of nitrogens with one attached hydrogen (secondary N) is 1. The van der Waals surface area contributed by atoms with Gasteiger partial charge in [0.1, 0.15) is 5.65 Å². The standard InChI is InChI=1S/C30H35N5O2/c1-21-26(30(37)33(3)29-28(21)22(2)32-35(29)25-12-8-5-9-13-25)14-15-27(36)31-24-16-18-34(19-17-24)20-23-10-6-4-7-11-23/h4-13,24H,14-20H2,1-3H3,(H,31,36). The number of pyridine rings is 1. The van der Waals surface area contributed by atoms with Gasteiger partial charge in [0.15, 0.2) is 0 Å². The van der Waals surface area contributed by atoms with Crippen LogP contribution in [0.25, 0.3) is 16.7 Å². The third-order valence-electron chi connectivity index (χ3n) is 7.55. The predicted octanol–water partition coefficient (Wildman–Crippen LogP) is 4.05. The zero-order valence-corrected chi connectivity index (χ0v) is 21.9. The van der Waals surface area contributed by atoms with Crippen molar-refractivity contribution < 1.29 is 4.79 Å². The van der Waals surface area contributed by atoms with Gasteiger partial charge in [0.25, 0.3) is 5.56 Å². The molecular formula is C30H35N5O2. The lowest BCUT2D eigenvalue weighted by atomic mass is 10.0. The number of piperidine rings is 1. The molecule has 0 radical (unpaired) electrons. The Morgan fingerprint density at radius 3 is 2.32 bits per heavy atom. The Morgan fingerprint density at radius 2 is 1.65 bits per heavy atom. The Hall–Kier alpha value is -3.71. The first kappa shape index (κ1) is 25.0. The van der Waals surface area contributed by atoms with Crippen LogP contribution in [-0.2, 0) is 24.8 Å². The molecule has 192 valence electrons. The second kappa shape index (κ2) is 10.7. The quantitative estimate of drug-likeness (QED) is 0.418. The fourth-order valence-corrected chi connectivity index (χ4v) is 5.53. The molecule has 1 aliphatic rings. The van der Waals surface area contributed by atoms with Gasteiger partial charge >= 0.3 is 0 Å². The van der Waals surface area contributed by atoms with E-state index in [0.717, 1.165) is 60.5 Å². The fourth-order valence-electron chi connectivity index (χ4n) is 5.53. The summed E-state index contributed by atoms with van der Waals surface area (Å²) in [5.41, 5.74) is 5.43. The van der Waals surface area contributed by atoms with Gasteiger partial charge in [-0.2, -0.15) is 5.10 Å². The Balaban J connectivity index is 1.24. The molecule has 0 spiro atoms. The summed E-state index contributed by atoms with van der Waals surface area (Å²) in [6, 6.07) is 20.5. The molecule has 7 heteroatoms. The van der Waals surface area contributed by atoms with E-state index >= 15 is 0 Å². The number of fused-ring (bicyclic) bond motifs is 1. The minimum absolute atomic E-state index is 0.0137. The van der Waals surface area contributed by atoms with Gasteiger partial charge in [-0.1, -0.05) is 48.5 Å². The number of likely N-dealkylation sites (tertiary alicyclic amines) is 1. The maximum atomic E-state index is 13.4. The maximum absolute atomic E-state index is 13.4. The number of aryl methyl sites for hydroxylation is 3. The number of amides is 1. The van der Waals surface area contributed by atoms with Crippen molar-refractivity contribution in [1.82, 2.24) is 24.6 Å². The summed E-state index contributed by atoms with van der Waals surface area (Å²) in [5.74, 6) is 0.0137. The molecule has 1 fully saturated rings. The lowest BCUT2D eigenvalue weighted by Gasteiger charge is -2.32. The van der Waals surface area contributed by atoms with Crippen LogP contribution in [0.2, 0.25) is 0 Å². The Morgan fingerprint density at radius 1 is 1.00 bits per heavy atom. The minimum atomic E-state index is -0.0656. The van der Waals surface area contributed by atoms with Gasteiger partial charge in [-0.3, -0.25) is 19.1 Å². The van der Waals surface area contributed by atoms with Crippen molar-refractivity contribution in [3.8, 4) is 5.69 Å². The Labute approximate surface area is 217 Å². The van der Waals surface area contributed by atoms with Crippen LogP contribution in [0.1, 0.15) is 41.6 Å². The van der Waals surface area contributed by atoms with Gasteiger partial charge in [-0.05, 0) is 56.4 Å². The second-order valence-corrected chi connectivity index (χ2v) is 10.1. The van der Waals surface area contributed by atoms with Crippen LogP contribution < -0.4 is 10.9 Å². The molecule has 3 heterocycles. The number of benzene rings is 2. The normalized spacial score (nSPS) is 14.8. The predicted molar refractivity (Wildman–Crippen MR) is 147 cm³/mol. The summed E-state index contributed by atoms with van der Waals surface area (Å²) in [4.78, 5) is 28.6. The molecule has 2 aromatic carbocycles. The number of carbonyl (C=O) groups is 1. The number of hydrogen-bond acceptors (Lipinski definition) is 4. The lowest BCUT2D eigenvalue weighted by molar-refractivity contribution is -0.122. The van der Waals surface area contributed by atoms with Crippen LogP contribution in [0.3, 0.4) is 0 Å². The van der Waals surface area contributed by atoms with Gasteiger partial charge in [0.2, 0.25) is 5.91 Å². The van der Waals surface area contributed by atoms with Gasteiger partial charge < -0.3 is 5.32 Å². The smallest absolute Gasteiger partial charge is 0.255 e. The van der Waals surface area contributed by atoms with E-state index in [-0.39, 0.29) is 17.5 Å². The SMILES string of the molecule is Cc1nn(-c2ccccc2)c2c1c(C)c(CCC(=O)NC1CCN(Cc3ccccc3)CC1)c(=O)n2C. The molecule has 37 heavy (non-hydrogen) atoms. The van der Waals surface area contributed by atoms with E-state index in [2.05, 4.69) is 34.5 Å². The monoisotopic (exact) mass is 497 g/mol. The molecule has 1 aliphatic heterocycles. The highest BCUT2D eigenvalue weighted by Gasteiger charge is 2.23. The van der Waals surface area contributed by atoms with Crippen LogP contribution in [0, 0.1) is 13.8 Å². The van der Waals surface area contributed by atoms with Crippen molar-refractivity contribution in [3.63, 3.8) is 0 Å². The third kappa shape index (κ3) is 5.23. The van der Waals surface area contributed by atoms with Crippen LogP contribution >= 0.6 is 0 Å². The maximum Gasteiger partial charge on any atom is 0.255 e. The molecule has 0 unspecified atom stereocenters. The molecule has 7 nitrogen and oxygen atoms in total. The number of hydrogen-bond donors (Lipinski definition) is 1. The number of rotatable bonds is 7. The first-order chi connectivity index (χ1) is 17.9. The molecule has 2 aromatic heterocycles. The van der Waals surface area contributed by atoms with Gasteiger partial charge in [-0.25, -0.2) is 4.68 Å². The molecule has 0 aliphatic carbocycles. The average Bonchev–Trinajstić information content (AvgIpc) is 3.27. The van der Waals surface area contributed by atoms with Crippen molar-refractivity contribution in [2.75, 3.05) is 13.1 Å². The summed E-state index contributed by atoms with van der Waals surface area (Å²) in [5, 5.41) is 8.93.